The summed E-state index contributed by atoms with van der Waals surface area (Å²) in [6.45, 7) is -2.60. The van der Waals surface area contributed by atoms with Gasteiger partial charge in [0.1, 0.15) is 18.3 Å². The van der Waals surface area contributed by atoms with Gasteiger partial charge in [-0.05, 0) is 0 Å². The van der Waals surface area contributed by atoms with Crippen molar-refractivity contribution in [1.82, 2.24) is 9.80 Å². The van der Waals surface area contributed by atoms with Gasteiger partial charge in [-0.2, -0.15) is 17.4 Å². The minimum atomic E-state index is -5.78. The summed E-state index contributed by atoms with van der Waals surface area (Å²) in [6.07, 6.45) is -4.57. The summed E-state index contributed by atoms with van der Waals surface area (Å²) < 4.78 is 80.3. The Balaban J connectivity index is 1.63. The first-order valence-electron chi connectivity index (χ1n) is 10.4. The van der Waals surface area contributed by atoms with E-state index in [-0.39, 0.29) is 5.56 Å². The van der Waals surface area contributed by atoms with E-state index in [9.17, 15) is 42.4 Å². The number of halogens is 2. The predicted octanol–water partition coefficient (Wildman–Crippen LogP) is 0.184. The fourth-order valence-corrected chi connectivity index (χ4v) is 6.53. The van der Waals surface area contributed by atoms with E-state index < -0.39 is 79.7 Å². The van der Waals surface area contributed by atoms with E-state index in [0.29, 0.717) is 0 Å². The molecule has 6 N–H and O–H groups in total. The van der Waals surface area contributed by atoms with Crippen LogP contribution >= 0.6 is 23.5 Å². The van der Waals surface area contributed by atoms with E-state index in [1.807, 2.05) is 0 Å². The van der Waals surface area contributed by atoms with Crippen LogP contribution < -0.4 is 0 Å². The van der Waals surface area contributed by atoms with Crippen molar-refractivity contribution in [2.45, 2.75) is 30.5 Å². The van der Waals surface area contributed by atoms with Crippen LogP contribution in [0, 0.1) is 0 Å². The number of phosphoric ester groups is 1. The second-order valence-corrected chi connectivity index (χ2v) is 12.4. The van der Waals surface area contributed by atoms with Crippen molar-refractivity contribution in [3.05, 3.63) is 48.2 Å². The predicted molar refractivity (Wildman–Crippen MR) is 118 cm³/mol. The number of rotatable bonds is 11. The lowest BCUT2D eigenvalue weighted by molar-refractivity contribution is -0.145. The van der Waals surface area contributed by atoms with Crippen LogP contribution in [0.5, 0.6) is 0 Å². The third-order valence-corrected chi connectivity index (χ3v) is 8.92. The van der Waals surface area contributed by atoms with Gasteiger partial charge in [0.2, 0.25) is 5.91 Å². The van der Waals surface area contributed by atoms with Crippen LogP contribution in [0.4, 0.5) is 8.78 Å². The Morgan fingerprint density at radius 1 is 1.00 bits per heavy atom. The molecular formula is C17H23F2N2O14P3. The molecule has 38 heavy (non-hydrogen) atoms. The van der Waals surface area contributed by atoms with Crippen molar-refractivity contribution >= 4 is 29.4 Å². The van der Waals surface area contributed by atoms with Crippen molar-refractivity contribution in [3.63, 3.8) is 0 Å². The number of aliphatic hydroxyl groups excluding tert-OH is 2. The molecule has 6 atom stereocenters. The van der Waals surface area contributed by atoms with E-state index in [2.05, 4.69) is 13.1 Å². The molecule has 21 heteroatoms. The number of aliphatic hydroxyl groups is 2. The number of alkyl halides is 2. The molecule has 0 aromatic heterocycles. The number of hydrogen-bond acceptors (Lipinski definition) is 11. The number of nitrogens with zero attached hydrogens (tertiary/aromatic N) is 2. The first-order valence-corrected chi connectivity index (χ1v) is 14.9. The molecule has 0 radical (unpaired) electrons. The molecule has 0 saturated carbocycles. The van der Waals surface area contributed by atoms with Gasteiger partial charge in [0.05, 0.1) is 19.8 Å². The molecule has 2 aliphatic rings. The molecule has 2 heterocycles. The molecule has 1 saturated heterocycles. The minimum Gasteiger partial charge on any atom is -0.387 e. The third-order valence-electron chi connectivity index (χ3n) is 5.12. The SMILES string of the molecule is O=C1C=CN([C@@H]2O[C@H](COP(=O)(O)OP(=O)(O)OP(=O)(O)O)[C@H](O)[C@@H]2O)CN1CC(F)(F)c1ccccc1. The van der Waals surface area contributed by atoms with Gasteiger partial charge in [0.25, 0.3) is 5.92 Å². The van der Waals surface area contributed by atoms with Gasteiger partial charge < -0.3 is 44.3 Å². The Bertz CT molecular complexity index is 1180. The molecule has 2 aliphatic heterocycles. The van der Waals surface area contributed by atoms with E-state index in [4.69, 9.17) is 19.4 Å². The Morgan fingerprint density at radius 3 is 2.24 bits per heavy atom. The van der Waals surface area contributed by atoms with Crippen LogP contribution in [0.2, 0.25) is 0 Å². The first kappa shape index (κ1) is 30.9. The number of hydrogen-bond donors (Lipinski definition) is 6. The maximum absolute atomic E-state index is 14.7. The Hall–Kier alpha value is -1.62. The van der Waals surface area contributed by atoms with Gasteiger partial charge in [-0.3, -0.25) is 9.32 Å². The van der Waals surface area contributed by atoms with Crippen molar-refractivity contribution in [3.8, 4) is 0 Å². The largest absolute Gasteiger partial charge is 0.490 e. The Labute approximate surface area is 213 Å². The molecule has 1 aromatic rings. The molecule has 16 nitrogen and oxygen atoms in total. The number of benzene rings is 1. The number of carbonyl (C=O) groups excluding carboxylic acids is 1. The Kier molecular flexibility index (Phi) is 9.33. The highest BCUT2D eigenvalue weighted by Gasteiger charge is 2.48. The summed E-state index contributed by atoms with van der Waals surface area (Å²) in [6, 6.07) is 6.72. The van der Waals surface area contributed by atoms with Gasteiger partial charge in [-0.1, -0.05) is 30.3 Å². The molecule has 0 bridgehead atoms. The summed E-state index contributed by atoms with van der Waals surface area (Å²) in [5.74, 6) is -4.20. The highest BCUT2D eigenvalue weighted by molar-refractivity contribution is 7.66. The molecule has 0 aliphatic carbocycles. The highest BCUT2D eigenvalue weighted by Crippen LogP contribution is 2.66. The van der Waals surface area contributed by atoms with Crippen molar-refractivity contribution in [2.75, 3.05) is 19.8 Å². The number of ether oxygens (including phenoxy) is 1. The number of phosphoric acid groups is 3. The van der Waals surface area contributed by atoms with Crippen molar-refractivity contribution < 1.29 is 74.9 Å². The summed E-state index contributed by atoms with van der Waals surface area (Å²) in [5, 5.41) is 20.6. The molecule has 0 spiro atoms. The summed E-state index contributed by atoms with van der Waals surface area (Å²) in [4.78, 5) is 49.9. The normalized spacial score (nSPS) is 27.8. The van der Waals surface area contributed by atoms with Crippen LogP contribution in [0.3, 0.4) is 0 Å². The van der Waals surface area contributed by atoms with E-state index in [1.165, 1.54) is 24.3 Å². The maximum atomic E-state index is 14.7. The van der Waals surface area contributed by atoms with E-state index in [0.717, 1.165) is 22.1 Å². The van der Waals surface area contributed by atoms with Crippen LogP contribution in [0.1, 0.15) is 5.56 Å². The average molecular weight is 610 g/mol. The third kappa shape index (κ3) is 8.19. The zero-order valence-electron chi connectivity index (χ0n) is 18.9. The highest BCUT2D eigenvalue weighted by atomic mass is 31.3. The lowest BCUT2D eigenvalue weighted by Crippen LogP contribution is -2.52. The second-order valence-electron chi connectivity index (χ2n) is 8.01. The summed E-state index contributed by atoms with van der Waals surface area (Å²) in [7, 11) is -16.9. The zero-order chi connectivity index (χ0) is 28.5. The molecule has 3 rings (SSSR count). The standard InChI is InChI=1S/C17H23F2N2O14P3/c18-17(19,11-4-2-1-3-5-11)9-21-10-20(7-6-13(21)22)16-15(24)14(23)12(33-16)8-32-37(28,29)35-38(30,31)34-36(25,26)27/h1-7,12,14-16,23-24H,8-10H2,(H,28,29)(H,30,31)(H2,25,26,27)/t12-,14+,15+,16-/m1/s1. The smallest absolute Gasteiger partial charge is 0.387 e. The van der Waals surface area contributed by atoms with Gasteiger partial charge in [-0.15, -0.1) is 0 Å². The molecular weight excluding hydrogens is 587 g/mol. The molecule has 214 valence electrons. The van der Waals surface area contributed by atoms with Crippen LogP contribution in [-0.4, -0.2) is 89.9 Å². The van der Waals surface area contributed by atoms with Gasteiger partial charge in [-0.25, -0.2) is 13.7 Å². The fraction of sp³-hybridized carbons (Fsp3) is 0.471. The van der Waals surface area contributed by atoms with Crippen molar-refractivity contribution in [2.24, 2.45) is 0 Å². The zero-order valence-corrected chi connectivity index (χ0v) is 21.6. The van der Waals surface area contributed by atoms with Crippen LogP contribution in [-0.2, 0) is 42.3 Å². The van der Waals surface area contributed by atoms with Gasteiger partial charge in [0, 0.05) is 17.8 Å². The van der Waals surface area contributed by atoms with E-state index in [1.54, 1.807) is 6.07 Å². The average Bonchev–Trinajstić information content (AvgIpc) is 3.06. The lowest BCUT2D eigenvalue weighted by Gasteiger charge is -2.38. The summed E-state index contributed by atoms with van der Waals surface area (Å²) >= 11 is 0. The second kappa shape index (κ2) is 11.5. The molecule has 1 fully saturated rings. The van der Waals surface area contributed by atoms with E-state index >= 15 is 0 Å². The van der Waals surface area contributed by atoms with Crippen LogP contribution in [0.25, 0.3) is 0 Å². The van der Waals surface area contributed by atoms with Gasteiger partial charge >= 0.3 is 23.5 Å². The summed E-state index contributed by atoms with van der Waals surface area (Å²) in [5.41, 5.74) is -0.340. The van der Waals surface area contributed by atoms with Gasteiger partial charge in [0.15, 0.2) is 6.23 Å². The topological polar surface area (TPSA) is 233 Å². The number of amides is 1. The first-order chi connectivity index (χ1) is 17.4. The quantitative estimate of drug-likeness (QED) is 0.184. The minimum absolute atomic E-state index is 0.340. The molecule has 1 amide bonds. The maximum Gasteiger partial charge on any atom is 0.490 e. The number of carbonyl (C=O) groups is 1. The Morgan fingerprint density at radius 2 is 1.63 bits per heavy atom. The monoisotopic (exact) mass is 610 g/mol. The van der Waals surface area contributed by atoms with Crippen LogP contribution in [0.15, 0.2) is 42.6 Å². The van der Waals surface area contributed by atoms with Crippen molar-refractivity contribution in [1.29, 1.82) is 0 Å². The molecule has 1 aromatic carbocycles. The molecule has 2 unspecified atom stereocenters. The lowest BCUT2D eigenvalue weighted by atomic mass is 10.1. The fourth-order valence-electron chi connectivity index (χ4n) is 3.50.